The molecule has 0 aliphatic heterocycles. The number of halogens is 3. The van der Waals surface area contributed by atoms with Crippen molar-refractivity contribution in [3.05, 3.63) is 29.6 Å². The number of nitrogens with one attached hydrogen (secondary N) is 1. The van der Waals surface area contributed by atoms with Gasteiger partial charge in [-0.1, -0.05) is 12.8 Å². The second-order valence-corrected chi connectivity index (χ2v) is 3.91. The summed E-state index contributed by atoms with van der Waals surface area (Å²) in [5, 5.41) is 2.71. The Morgan fingerprint density at radius 3 is 2.60 bits per heavy atom. The molecule has 1 N–H and O–H groups in total. The zero-order chi connectivity index (χ0) is 10.8. The first kappa shape index (κ1) is 10.3. The third kappa shape index (κ3) is 2.64. The lowest BCUT2D eigenvalue weighted by Crippen LogP contribution is -2.05. The van der Waals surface area contributed by atoms with E-state index in [1.54, 1.807) is 0 Å². The van der Waals surface area contributed by atoms with Gasteiger partial charge in [0.15, 0.2) is 11.6 Å². The van der Waals surface area contributed by atoms with Gasteiger partial charge in [0.1, 0.15) is 5.82 Å². The monoisotopic (exact) mass is 215 g/mol. The normalized spacial score (nSPS) is 15.4. The Bertz CT molecular complexity index is 361. The lowest BCUT2D eigenvalue weighted by molar-refractivity contribution is 0.497. The van der Waals surface area contributed by atoms with E-state index in [2.05, 4.69) is 5.32 Å². The average Bonchev–Trinajstić information content (AvgIpc) is 2.97. The maximum Gasteiger partial charge on any atom is 0.182 e. The van der Waals surface area contributed by atoms with Gasteiger partial charge in [-0.2, -0.15) is 0 Å². The Morgan fingerprint density at radius 2 is 1.93 bits per heavy atom. The highest BCUT2D eigenvalue weighted by molar-refractivity contribution is 5.45. The minimum absolute atomic E-state index is 0.0897. The second-order valence-electron chi connectivity index (χ2n) is 3.91. The van der Waals surface area contributed by atoms with Crippen LogP contribution in [0.4, 0.5) is 18.9 Å². The first-order valence-electron chi connectivity index (χ1n) is 5.05. The van der Waals surface area contributed by atoms with Gasteiger partial charge < -0.3 is 5.32 Å². The predicted molar refractivity (Wildman–Crippen MR) is 52.1 cm³/mol. The van der Waals surface area contributed by atoms with Gasteiger partial charge in [0.05, 0.1) is 5.69 Å². The first-order chi connectivity index (χ1) is 7.16. The Labute approximate surface area is 86.3 Å². The maximum atomic E-state index is 13.1. The van der Waals surface area contributed by atoms with Crippen molar-refractivity contribution in [2.45, 2.75) is 19.3 Å². The molecule has 15 heavy (non-hydrogen) atoms. The fourth-order valence-corrected chi connectivity index (χ4v) is 1.50. The van der Waals surface area contributed by atoms with Crippen molar-refractivity contribution in [3.63, 3.8) is 0 Å². The molecule has 82 valence electrons. The lowest BCUT2D eigenvalue weighted by atomic mass is 10.2. The molecule has 0 bridgehead atoms. The molecule has 1 saturated carbocycles. The van der Waals surface area contributed by atoms with Gasteiger partial charge in [0, 0.05) is 18.7 Å². The van der Waals surface area contributed by atoms with Gasteiger partial charge in [-0.25, -0.2) is 13.2 Å². The van der Waals surface area contributed by atoms with Crippen molar-refractivity contribution in [1.29, 1.82) is 0 Å². The fourth-order valence-electron chi connectivity index (χ4n) is 1.50. The van der Waals surface area contributed by atoms with Crippen LogP contribution in [0.2, 0.25) is 0 Å². The van der Waals surface area contributed by atoms with E-state index in [4.69, 9.17) is 0 Å². The number of rotatable bonds is 4. The summed E-state index contributed by atoms with van der Waals surface area (Å²) in [5.41, 5.74) is -0.0897. The molecule has 2 rings (SSSR count). The Hall–Kier alpha value is -1.19. The van der Waals surface area contributed by atoms with Crippen molar-refractivity contribution in [1.82, 2.24) is 0 Å². The molecule has 0 amide bonds. The summed E-state index contributed by atoms with van der Waals surface area (Å²) in [6.45, 7) is 0.560. The van der Waals surface area contributed by atoms with Crippen LogP contribution in [-0.2, 0) is 0 Å². The van der Waals surface area contributed by atoms with E-state index in [9.17, 15) is 13.2 Å². The fraction of sp³-hybridized carbons (Fsp3) is 0.455. The van der Waals surface area contributed by atoms with Gasteiger partial charge >= 0.3 is 0 Å². The molecule has 0 radical (unpaired) electrons. The highest BCUT2D eigenvalue weighted by atomic mass is 19.2. The molecule has 0 heterocycles. The first-order valence-corrected chi connectivity index (χ1v) is 5.05. The number of benzene rings is 1. The van der Waals surface area contributed by atoms with Crippen LogP contribution < -0.4 is 5.32 Å². The largest absolute Gasteiger partial charge is 0.382 e. The van der Waals surface area contributed by atoms with Crippen LogP contribution in [0.25, 0.3) is 0 Å². The molecule has 0 saturated heterocycles. The molecular weight excluding hydrogens is 203 g/mol. The highest BCUT2D eigenvalue weighted by Crippen LogP contribution is 2.32. The molecule has 1 fully saturated rings. The molecule has 0 atom stereocenters. The zero-order valence-electron chi connectivity index (χ0n) is 8.19. The number of hydrogen-bond donors (Lipinski definition) is 1. The summed E-state index contributed by atoms with van der Waals surface area (Å²) in [6, 6.07) is 1.52. The van der Waals surface area contributed by atoms with Crippen molar-refractivity contribution in [3.8, 4) is 0 Å². The summed E-state index contributed by atoms with van der Waals surface area (Å²) >= 11 is 0. The van der Waals surface area contributed by atoms with E-state index in [1.807, 2.05) is 0 Å². The lowest BCUT2D eigenvalue weighted by Gasteiger charge is -2.07. The molecule has 1 aromatic rings. The Kier molecular flexibility index (Phi) is 2.84. The van der Waals surface area contributed by atoms with E-state index in [0.717, 1.165) is 12.5 Å². The third-order valence-corrected chi connectivity index (χ3v) is 2.56. The summed E-state index contributed by atoms with van der Waals surface area (Å²) in [5.74, 6) is -2.21. The van der Waals surface area contributed by atoms with Gasteiger partial charge in [-0.3, -0.25) is 0 Å². The van der Waals surface area contributed by atoms with Gasteiger partial charge in [-0.05, 0) is 12.3 Å². The topological polar surface area (TPSA) is 12.0 Å². The van der Waals surface area contributed by atoms with Crippen molar-refractivity contribution in [2.75, 3.05) is 11.9 Å². The van der Waals surface area contributed by atoms with Crippen molar-refractivity contribution < 1.29 is 13.2 Å². The maximum absolute atomic E-state index is 13.1. The molecule has 0 aromatic heterocycles. The summed E-state index contributed by atoms with van der Waals surface area (Å²) < 4.78 is 38.7. The summed E-state index contributed by atoms with van der Waals surface area (Å²) in [6.07, 6.45) is 3.35. The molecular formula is C11H12F3N. The van der Waals surface area contributed by atoms with E-state index in [0.29, 0.717) is 18.5 Å². The molecule has 1 aliphatic rings. The van der Waals surface area contributed by atoms with E-state index >= 15 is 0 Å². The van der Waals surface area contributed by atoms with Gasteiger partial charge in [0.25, 0.3) is 0 Å². The van der Waals surface area contributed by atoms with Crippen molar-refractivity contribution in [2.24, 2.45) is 5.92 Å². The minimum Gasteiger partial charge on any atom is -0.382 e. The molecule has 1 aliphatic carbocycles. The quantitative estimate of drug-likeness (QED) is 0.760. The Morgan fingerprint density at radius 1 is 1.20 bits per heavy atom. The highest BCUT2D eigenvalue weighted by Gasteiger charge is 2.20. The van der Waals surface area contributed by atoms with Gasteiger partial charge in [0.2, 0.25) is 0 Å². The van der Waals surface area contributed by atoms with Gasteiger partial charge in [-0.15, -0.1) is 0 Å². The number of hydrogen-bond acceptors (Lipinski definition) is 1. The zero-order valence-corrected chi connectivity index (χ0v) is 8.19. The SMILES string of the molecule is Fc1cc(F)c(F)c(NCCC2CC2)c1. The second kappa shape index (κ2) is 4.13. The molecule has 1 nitrogen and oxygen atoms in total. The van der Waals surface area contributed by atoms with Crippen molar-refractivity contribution >= 4 is 5.69 Å². The number of anilines is 1. The standard InChI is InChI=1S/C11H12F3N/c12-8-5-9(13)11(14)10(6-8)15-4-3-7-1-2-7/h5-7,15H,1-4H2. The van der Waals surface area contributed by atoms with Crippen LogP contribution in [0.15, 0.2) is 12.1 Å². The molecule has 0 spiro atoms. The van der Waals surface area contributed by atoms with Crippen LogP contribution in [-0.4, -0.2) is 6.54 Å². The van der Waals surface area contributed by atoms with Crippen LogP contribution in [0.1, 0.15) is 19.3 Å². The van der Waals surface area contributed by atoms with Crippen LogP contribution in [0, 0.1) is 23.4 Å². The van der Waals surface area contributed by atoms with Crippen LogP contribution >= 0.6 is 0 Å². The smallest absolute Gasteiger partial charge is 0.182 e. The predicted octanol–water partition coefficient (Wildman–Crippen LogP) is 3.32. The summed E-state index contributed by atoms with van der Waals surface area (Å²) in [7, 11) is 0. The molecule has 0 unspecified atom stereocenters. The van der Waals surface area contributed by atoms with E-state index < -0.39 is 17.5 Å². The summed E-state index contributed by atoms with van der Waals surface area (Å²) in [4.78, 5) is 0. The minimum atomic E-state index is -1.15. The molecule has 1 aromatic carbocycles. The van der Waals surface area contributed by atoms with E-state index in [1.165, 1.54) is 12.8 Å². The third-order valence-electron chi connectivity index (χ3n) is 2.56. The Balaban J connectivity index is 1.98. The van der Waals surface area contributed by atoms with Crippen LogP contribution in [0.3, 0.4) is 0 Å². The molecule has 4 heteroatoms. The average molecular weight is 215 g/mol. The van der Waals surface area contributed by atoms with E-state index in [-0.39, 0.29) is 5.69 Å². The van der Waals surface area contributed by atoms with Crippen LogP contribution in [0.5, 0.6) is 0 Å².